The number of halogens is 1. The van der Waals surface area contributed by atoms with Gasteiger partial charge in [0.05, 0.1) is 7.11 Å². The van der Waals surface area contributed by atoms with Gasteiger partial charge in [-0.3, -0.25) is 0 Å². The van der Waals surface area contributed by atoms with Crippen LogP contribution < -0.4 is 4.90 Å². The number of rotatable bonds is 5. The van der Waals surface area contributed by atoms with Gasteiger partial charge < -0.3 is 9.64 Å². The lowest BCUT2D eigenvalue weighted by atomic mass is 10.3. The molecule has 0 aliphatic rings. The first-order chi connectivity index (χ1) is 9.11. The van der Waals surface area contributed by atoms with Crippen molar-refractivity contribution in [1.29, 1.82) is 0 Å². The Morgan fingerprint density at radius 1 is 1.58 bits per heavy atom. The second kappa shape index (κ2) is 6.36. The van der Waals surface area contributed by atoms with Gasteiger partial charge in [0.15, 0.2) is 15.2 Å². The summed E-state index contributed by atoms with van der Waals surface area (Å²) in [5.41, 5.74) is 0. The van der Waals surface area contributed by atoms with Crippen molar-refractivity contribution in [2.75, 3.05) is 25.6 Å². The number of hydrogen-bond donors (Lipinski definition) is 0. The second-order valence-corrected chi connectivity index (χ2v) is 6.23. The van der Waals surface area contributed by atoms with E-state index in [1.807, 2.05) is 18.0 Å². The van der Waals surface area contributed by atoms with E-state index in [9.17, 15) is 4.79 Å². The van der Waals surface area contributed by atoms with Gasteiger partial charge in [-0.05, 0) is 17.9 Å². The summed E-state index contributed by atoms with van der Waals surface area (Å²) >= 11 is 8.92. The van der Waals surface area contributed by atoms with E-state index in [1.54, 1.807) is 11.3 Å². The fourth-order valence-corrected chi connectivity index (χ4v) is 3.39. The monoisotopic (exact) mass is 316 g/mol. The summed E-state index contributed by atoms with van der Waals surface area (Å²) < 4.78 is 4.66. The molecule has 0 aromatic carbocycles. The molecular weight excluding hydrogens is 304 g/mol. The summed E-state index contributed by atoms with van der Waals surface area (Å²) in [4.78, 5) is 19.3. The minimum Gasteiger partial charge on any atom is -0.465 e. The molecule has 0 amide bonds. The molecule has 19 heavy (non-hydrogen) atoms. The number of thiazole rings is 1. The highest BCUT2D eigenvalue weighted by Gasteiger charge is 2.19. The Balaban J connectivity index is 2.03. The standard InChI is InChI=1S/C12H13ClN2O2S2/c1-15(6-5-8-4-3-7-18-8)12-14-10(13)9(19-12)11(16)17-2/h3-4,7H,5-6H2,1-2H3. The van der Waals surface area contributed by atoms with Gasteiger partial charge in [-0.2, -0.15) is 0 Å². The van der Waals surface area contributed by atoms with Crippen molar-refractivity contribution < 1.29 is 9.53 Å². The van der Waals surface area contributed by atoms with Crippen LogP contribution in [0.15, 0.2) is 17.5 Å². The van der Waals surface area contributed by atoms with E-state index in [0.717, 1.165) is 18.1 Å². The second-order valence-electron chi connectivity index (χ2n) is 3.86. The van der Waals surface area contributed by atoms with Gasteiger partial charge in [0.25, 0.3) is 0 Å². The average molecular weight is 317 g/mol. The van der Waals surface area contributed by atoms with E-state index >= 15 is 0 Å². The number of esters is 1. The van der Waals surface area contributed by atoms with Crippen molar-refractivity contribution in [1.82, 2.24) is 4.98 Å². The predicted molar refractivity (Wildman–Crippen MR) is 79.8 cm³/mol. The Labute approximate surface area is 124 Å². The first-order valence-corrected chi connectivity index (χ1v) is 7.67. The topological polar surface area (TPSA) is 42.4 Å². The number of carbonyl (C=O) groups excluding carboxylic acids is 1. The van der Waals surface area contributed by atoms with Crippen LogP contribution in [0, 0.1) is 0 Å². The Bertz CT molecular complexity index is 554. The molecule has 0 N–H and O–H groups in total. The summed E-state index contributed by atoms with van der Waals surface area (Å²) in [6, 6.07) is 4.14. The van der Waals surface area contributed by atoms with Gasteiger partial charge in [-0.1, -0.05) is 29.0 Å². The van der Waals surface area contributed by atoms with E-state index in [0.29, 0.717) is 4.88 Å². The number of hydrogen-bond acceptors (Lipinski definition) is 6. The van der Waals surface area contributed by atoms with Crippen LogP contribution in [0.3, 0.4) is 0 Å². The Morgan fingerprint density at radius 2 is 2.37 bits per heavy atom. The molecule has 0 atom stereocenters. The molecule has 0 saturated heterocycles. The number of nitrogens with zero attached hydrogens (tertiary/aromatic N) is 2. The molecule has 0 saturated carbocycles. The van der Waals surface area contributed by atoms with Crippen molar-refractivity contribution >= 4 is 45.4 Å². The van der Waals surface area contributed by atoms with Gasteiger partial charge in [0, 0.05) is 18.5 Å². The lowest BCUT2D eigenvalue weighted by molar-refractivity contribution is 0.0606. The third-order valence-corrected chi connectivity index (χ3v) is 5.02. The lowest BCUT2D eigenvalue weighted by Crippen LogP contribution is -2.19. The van der Waals surface area contributed by atoms with E-state index in [4.69, 9.17) is 11.6 Å². The zero-order valence-corrected chi connectivity index (χ0v) is 12.9. The summed E-state index contributed by atoms with van der Waals surface area (Å²) in [5.74, 6) is -0.444. The molecular formula is C12H13ClN2O2S2. The summed E-state index contributed by atoms with van der Waals surface area (Å²) in [7, 11) is 3.27. The fraction of sp³-hybridized carbons (Fsp3) is 0.333. The maximum atomic E-state index is 11.5. The van der Waals surface area contributed by atoms with Gasteiger partial charge in [-0.25, -0.2) is 9.78 Å². The predicted octanol–water partition coefficient (Wildman–Crippen LogP) is 3.32. The van der Waals surface area contributed by atoms with Crippen LogP contribution in [0.2, 0.25) is 5.15 Å². The number of ether oxygens (including phenoxy) is 1. The molecule has 2 aromatic heterocycles. The molecule has 7 heteroatoms. The van der Waals surface area contributed by atoms with E-state index in [2.05, 4.69) is 21.2 Å². The lowest BCUT2D eigenvalue weighted by Gasteiger charge is -2.14. The van der Waals surface area contributed by atoms with Crippen LogP contribution in [0.4, 0.5) is 5.13 Å². The molecule has 0 fully saturated rings. The molecule has 0 aliphatic heterocycles. The summed E-state index contributed by atoms with van der Waals surface area (Å²) in [5, 5.41) is 2.99. The molecule has 0 radical (unpaired) electrons. The summed E-state index contributed by atoms with van der Waals surface area (Å²) in [6.45, 7) is 0.824. The highest BCUT2D eigenvalue weighted by atomic mass is 35.5. The zero-order chi connectivity index (χ0) is 13.8. The number of aromatic nitrogens is 1. The van der Waals surface area contributed by atoms with Crippen molar-refractivity contribution in [3.8, 4) is 0 Å². The van der Waals surface area contributed by atoms with Gasteiger partial charge in [0.2, 0.25) is 0 Å². The minimum absolute atomic E-state index is 0.204. The highest BCUT2D eigenvalue weighted by Crippen LogP contribution is 2.29. The van der Waals surface area contributed by atoms with Crippen molar-refractivity contribution in [3.05, 3.63) is 32.4 Å². The van der Waals surface area contributed by atoms with E-state index in [-0.39, 0.29) is 5.15 Å². The maximum Gasteiger partial charge on any atom is 0.351 e. The molecule has 0 aliphatic carbocycles. The Hall–Kier alpha value is -1.11. The number of carbonyl (C=O) groups is 1. The number of likely N-dealkylation sites (N-methyl/N-ethyl adjacent to an activating group) is 1. The first kappa shape index (κ1) is 14.3. The van der Waals surface area contributed by atoms with Crippen LogP contribution >= 0.6 is 34.3 Å². The smallest absolute Gasteiger partial charge is 0.351 e. The van der Waals surface area contributed by atoms with Crippen LogP contribution in [0.1, 0.15) is 14.5 Å². The average Bonchev–Trinajstić information content (AvgIpc) is 3.04. The third-order valence-electron chi connectivity index (χ3n) is 2.55. The first-order valence-electron chi connectivity index (χ1n) is 5.60. The van der Waals surface area contributed by atoms with Gasteiger partial charge in [0.1, 0.15) is 0 Å². The van der Waals surface area contributed by atoms with Crippen molar-refractivity contribution in [2.45, 2.75) is 6.42 Å². The summed E-state index contributed by atoms with van der Waals surface area (Å²) in [6.07, 6.45) is 0.943. The molecule has 2 aromatic rings. The van der Waals surface area contributed by atoms with Crippen molar-refractivity contribution in [2.24, 2.45) is 0 Å². The highest BCUT2D eigenvalue weighted by molar-refractivity contribution is 7.18. The Morgan fingerprint density at radius 3 is 3.00 bits per heavy atom. The molecule has 0 spiro atoms. The van der Waals surface area contributed by atoms with Gasteiger partial charge >= 0.3 is 5.97 Å². The molecule has 0 bridgehead atoms. The van der Waals surface area contributed by atoms with Crippen molar-refractivity contribution in [3.63, 3.8) is 0 Å². The quantitative estimate of drug-likeness (QED) is 0.794. The molecule has 0 unspecified atom stereocenters. The number of anilines is 1. The SMILES string of the molecule is COC(=O)c1sc(N(C)CCc2cccs2)nc1Cl. The van der Waals surface area contributed by atoms with E-state index < -0.39 is 5.97 Å². The third kappa shape index (κ3) is 3.46. The van der Waals surface area contributed by atoms with E-state index in [1.165, 1.54) is 23.3 Å². The minimum atomic E-state index is -0.444. The Kier molecular flexibility index (Phi) is 4.79. The zero-order valence-electron chi connectivity index (χ0n) is 10.6. The molecule has 2 rings (SSSR count). The van der Waals surface area contributed by atoms with Gasteiger partial charge in [-0.15, -0.1) is 11.3 Å². The molecule has 4 nitrogen and oxygen atoms in total. The largest absolute Gasteiger partial charge is 0.465 e. The van der Waals surface area contributed by atoms with Crippen LogP contribution in [-0.2, 0) is 11.2 Å². The van der Waals surface area contributed by atoms with Crippen LogP contribution in [-0.4, -0.2) is 31.7 Å². The normalized spacial score (nSPS) is 10.5. The van der Waals surface area contributed by atoms with Crippen LogP contribution in [0.25, 0.3) is 0 Å². The molecule has 102 valence electrons. The number of methoxy groups -OCH3 is 1. The fourth-order valence-electron chi connectivity index (χ4n) is 1.50. The molecule has 2 heterocycles. The van der Waals surface area contributed by atoms with Crippen LogP contribution in [0.5, 0.6) is 0 Å². The number of thiophene rings is 1. The maximum absolute atomic E-state index is 11.5.